The van der Waals surface area contributed by atoms with Gasteiger partial charge >= 0.3 is 0 Å². The number of nitrogen functional groups attached to an aromatic ring is 1. The maximum absolute atomic E-state index is 5.88. The highest BCUT2D eigenvalue weighted by Gasteiger charge is 2.13. The van der Waals surface area contributed by atoms with Crippen LogP contribution in [0.3, 0.4) is 0 Å². The lowest BCUT2D eigenvalue weighted by Gasteiger charge is -2.06. The van der Waals surface area contributed by atoms with Crippen molar-refractivity contribution in [1.82, 2.24) is 10.1 Å². The van der Waals surface area contributed by atoms with Crippen LogP contribution in [0.15, 0.2) is 16.7 Å². The van der Waals surface area contributed by atoms with Gasteiger partial charge in [-0.1, -0.05) is 19.0 Å². The van der Waals surface area contributed by atoms with Crippen LogP contribution in [-0.4, -0.2) is 15.4 Å². The second-order valence-corrected chi connectivity index (χ2v) is 6.45. The minimum absolute atomic E-state index is 0.548. The molecule has 5 heteroatoms. The number of anilines is 1. The summed E-state index contributed by atoms with van der Waals surface area (Å²) in [5, 5.41) is 4.57. The van der Waals surface area contributed by atoms with Crippen molar-refractivity contribution in [2.75, 3.05) is 5.73 Å². The molecule has 0 aliphatic rings. The van der Waals surface area contributed by atoms with Crippen LogP contribution in [0, 0.1) is 13.8 Å². The lowest BCUT2D eigenvalue weighted by atomic mass is 10.0. The normalized spacial score (nSPS) is 11.2. The number of aromatic nitrogens is 2. The van der Waals surface area contributed by atoms with E-state index in [1.54, 1.807) is 11.8 Å². The standard InChI is InChI=1S/C14H19N3OS/c1-8(2)19-7-13-16-14(18-17-13)12-6-11(15)5-9(3)10(12)4/h5-6,8H,7,15H2,1-4H3. The number of nitrogens with zero attached hydrogens (tertiary/aromatic N) is 2. The summed E-state index contributed by atoms with van der Waals surface area (Å²) in [6.07, 6.45) is 0. The monoisotopic (exact) mass is 277 g/mol. The summed E-state index contributed by atoms with van der Waals surface area (Å²) in [4.78, 5) is 4.44. The fraction of sp³-hybridized carbons (Fsp3) is 0.429. The first-order valence-corrected chi connectivity index (χ1v) is 7.33. The molecule has 2 N–H and O–H groups in total. The number of benzene rings is 1. The Labute approximate surface area is 117 Å². The summed E-state index contributed by atoms with van der Waals surface area (Å²) in [6.45, 7) is 8.37. The van der Waals surface area contributed by atoms with Crippen LogP contribution < -0.4 is 5.73 Å². The van der Waals surface area contributed by atoms with E-state index in [9.17, 15) is 0 Å². The zero-order valence-electron chi connectivity index (χ0n) is 11.7. The zero-order chi connectivity index (χ0) is 14.0. The third-order valence-electron chi connectivity index (χ3n) is 2.93. The molecule has 0 aliphatic heterocycles. The number of nitrogens with two attached hydrogens (primary N) is 1. The largest absolute Gasteiger partial charge is 0.399 e. The van der Waals surface area contributed by atoms with Crippen LogP contribution in [0.5, 0.6) is 0 Å². The zero-order valence-corrected chi connectivity index (χ0v) is 12.5. The Balaban J connectivity index is 2.28. The summed E-state index contributed by atoms with van der Waals surface area (Å²) in [7, 11) is 0. The smallest absolute Gasteiger partial charge is 0.258 e. The van der Waals surface area contributed by atoms with Crippen molar-refractivity contribution in [3.8, 4) is 11.5 Å². The Morgan fingerprint density at radius 2 is 2.05 bits per heavy atom. The highest BCUT2D eigenvalue weighted by molar-refractivity contribution is 7.99. The summed E-state index contributed by atoms with van der Waals surface area (Å²) in [5.74, 6) is 2.04. The van der Waals surface area contributed by atoms with Gasteiger partial charge in [-0.05, 0) is 42.4 Å². The van der Waals surface area contributed by atoms with Gasteiger partial charge in [0, 0.05) is 11.3 Å². The average molecular weight is 277 g/mol. The molecule has 0 atom stereocenters. The molecular formula is C14H19N3OS. The van der Waals surface area contributed by atoms with Gasteiger partial charge in [-0.25, -0.2) is 0 Å². The molecule has 1 aromatic heterocycles. The Hall–Kier alpha value is -1.49. The Kier molecular flexibility index (Phi) is 4.14. The van der Waals surface area contributed by atoms with Crippen LogP contribution in [0.1, 0.15) is 30.8 Å². The van der Waals surface area contributed by atoms with E-state index < -0.39 is 0 Å². The molecule has 1 heterocycles. The van der Waals surface area contributed by atoms with E-state index in [0.29, 0.717) is 11.1 Å². The van der Waals surface area contributed by atoms with Crippen LogP contribution in [0.2, 0.25) is 0 Å². The molecule has 0 spiro atoms. The molecule has 0 amide bonds. The summed E-state index contributed by atoms with van der Waals surface area (Å²) < 4.78 is 5.34. The van der Waals surface area contributed by atoms with Gasteiger partial charge in [0.1, 0.15) is 0 Å². The molecule has 2 rings (SSSR count). The molecule has 0 saturated carbocycles. The first kappa shape index (κ1) is 13.9. The van der Waals surface area contributed by atoms with Crippen molar-refractivity contribution < 1.29 is 4.52 Å². The number of rotatable bonds is 4. The van der Waals surface area contributed by atoms with Crippen molar-refractivity contribution in [3.63, 3.8) is 0 Å². The Bertz CT molecular complexity index is 578. The van der Waals surface area contributed by atoms with Gasteiger partial charge in [0.15, 0.2) is 5.82 Å². The van der Waals surface area contributed by atoms with E-state index in [2.05, 4.69) is 24.0 Å². The fourth-order valence-corrected chi connectivity index (χ4v) is 2.37. The fourth-order valence-electron chi connectivity index (χ4n) is 1.77. The van der Waals surface area contributed by atoms with Gasteiger partial charge in [-0.15, -0.1) is 0 Å². The third-order valence-corrected chi connectivity index (χ3v) is 4.03. The van der Waals surface area contributed by atoms with E-state index in [1.165, 1.54) is 0 Å². The molecule has 0 unspecified atom stereocenters. The van der Waals surface area contributed by atoms with Gasteiger partial charge < -0.3 is 10.3 Å². The minimum Gasteiger partial charge on any atom is -0.399 e. The maximum Gasteiger partial charge on any atom is 0.258 e. The second-order valence-electron chi connectivity index (χ2n) is 4.89. The highest BCUT2D eigenvalue weighted by Crippen LogP contribution is 2.27. The average Bonchev–Trinajstić information content (AvgIpc) is 2.79. The van der Waals surface area contributed by atoms with Crippen molar-refractivity contribution >= 4 is 17.4 Å². The molecule has 0 bridgehead atoms. The van der Waals surface area contributed by atoms with Gasteiger partial charge in [-0.2, -0.15) is 16.7 Å². The van der Waals surface area contributed by atoms with E-state index in [-0.39, 0.29) is 0 Å². The molecule has 19 heavy (non-hydrogen) atoms. The minimum atomic E-state index is 0.548. The van der Waals surface area contributed by atoms with Crippen molar-refractivity contribution in [1.29, 1.82) is 0 Å². The molecule has 0 fully saturated rings. The molecule has 1 aromatic carbocycles. The predicted octanol–water partition coefficient (Wildman–Crippen LogP) is 3.58. The van der Waals surface area contributed by atoms with E-state index in [0.717, 1.165) is 34.0 Å². The molecule has 0 radical (unpaired) electrons. The Morgan fingerprint density at radius 3 is 2.74 bits per heavy atom. The van der Waals surface area contributed by atoms with Gasteiger partial charge in [0.05, 0.1) is 5.75 Å². The lowest BCUT2D eigenvalue weighted by molar-refractivity contribution is 0.425. The van der Waals surface area contributed by atoms with Gasteiger partial charge in [-0.3, -0.25) is 0 Å². The lowest BCUT2D eigenvalue weighted by Crippen LogP contribution is -1.93. The molecule has 0 saturated heterocycles. The second kappa shape index (κ2) is 5.65. The van der Waals surface area contributed by atoms with E-state index >= 15 is 0 Å². The summed E-state index contributed by atoms with van der Waals surface area (Å²) in [5.41, 5.74) is 9.77. The number of thioether (sulfide) groups is 1. The SMILES string of the molecule is Cc1cc(N)cc(-c2nc(CSC(C)C)no2)c1C. The predicted molar refractivity (Wildman–Crippen MR) is 80.1 cm³/mol. The van der Waals surface area contributed by atoms with Crippen LogP contribution in [-0.2, 0) is 5.75 Å². The van der Waals surface area contributed by atoms with Crippen LogP contribution >= 0.6 is 11.8 Å². The van der Waals surface area contributed by atoms with Crippen LogP contribution in [0.4, 0.5) is 5.69 Å². The van der Waals surface area contributed by atoms with Gasteiger partial charge in [0.25, 0.3) is 5.89 Å². The number of hydrogen-bond acceptors (Lipinski definition) is 5. The first-order valence-electron chi connectivity index (χ1n) is 6.28. The summed E-state index contributed by atoms with van der Waals surface area (Å²) in [6, 6.07) is 3.83. The number of aryl methyl sites for hydroxylation is 1. The quantitative estimate of drug-likeness (QED) is 0.865. The third kappa shape index (κ3) is 3.29. The summed E-state index contributed by atoms with van der Waals surface area (Å²) >= 11 is 1.79. The Morgan fingerprint density at radius 1 is 1.32 bits per heavy atom. The van der Waals surface area contributed by atoms with Crippen LogP contribution in [0.25, 0.3) is 11.5 Å². The molecular weight excluding hydrogens is 258 g/mol. The maximum atomic E-state index is 5.88. The molecule has 102 valence electrons. The van der Waals surface area contributed by atoms with Gasteiger partial charge in [0.2, 0.25) is 0 Å². The highest BCUT2D eigenvalue weighted by atomic mass is 32.2. The van der Waals surface area contributed by atoms with E-state index in [1.807, 2.05) is 26.0 Å². The van der Waals surface area contributed by atoms with Crippen molar-refractivity contribution in [3.05, 3.63) is 29.1 Å². The topological polar surface area (TPSA) is 64.9 Å². The van der Waals surface area contributed by atoms with E-state index in [4.69, 9.17) is 10.3 Å². The van der Waals surface area contributed by atoms with Crippen molar-refractivity contribution in [2.45, 2.75) is 38.7 Å². The molecule has 4 nitrogen and oxygen atoms in total. The first-order chi connectivity index (χ1) is 8.97. The molecule has 0 aliphatic carbocycles. The van der Waals surface area contributed by atoms with Crippen molar-refractivity contribution in [2.24, 2.45) is 0 Å². The molecule has 2 aromatic rings. The number of hydrogen-bond donors (Lipinski definition) is 1.